The van der Waals surface area contributed by atoms with E-state index in [1.807, 2.05) is 25.1 Å². The molecule has 37 heavy (non-hydrogen) atoms. The van der Waals surface area contributed by atoms with Gasteiger partial charge in [-0.05, 0) is 67.8 Å². The minimum atomic E-state index is -0.506. The van der Waals surface area contributed by atoms with Gasteiger partial charge in [0.05, 0.1) is 10.8 Å². The molecule has 0 saturated heterocycles. The highest BCUT2D eigenvalue weighted by molar-refractivity contribution is 6.31. The molecule has 0 spiro atoms. The Morgan fingerprint density at radius 2 is 1.95 bits per heavy atom. The Kier molecular flexibility index (Phi) is 5.68. The van der Waals surface area contributed by atoms with E-state index in [1.165, 1.54) is 18.0 Å². The van der Waals surface area contributed by atoms with E-state index >= 15 is 0 Å². The number of phenolic OH excluding ortho intramolecular Hbond substituents is 1. The summed E-state index contributed by atoms with van der Waals surface area (Å²) >= 11 is 6.22. The monoisotopic (exact) mass is 513 g/mol. The Labute approximate surface area is 217 Å². The molecule has 3 heterocycles. The summed E-state index contributed by atoms with van der Waals surface area (Å²) in [4.78, 5) is 21.7. The van der Waals surface area contributed by atoms with Crippen LogP contribution in [0.1, 0.15) is 50.0 Å². The summed E-state index contributed by atoms with van der Waals surface area (Å²) in [5, 5.41) is 17.3. The van der Waals surface area contributed by atoms with Crippen LogP contribution in [-0.4, -0.2) is 24.9 Å². The number of nitrogen functional groups attached to an aromatic ring is 1. The van der Waals surface area contributed by atoms with Crippen LogP contribution in [0.2, 0.25) is 5.02 Å². The van der Waals surface area contributed by atoms with Crippen molar-refractivity contribution in [3.8, 4) is 17.0 Å². The van der Waals surface area contributed by atoms with Crippen molar-refractivity contribution in [2.75, 3.05) is 5.73 Å². The van der Waals surface area contributed by atoms with Crippen LogP contribution in [0.15, 0.2) is 64.1 Å². The second-order valence-electron chi connectivity index (χ2n) is 9.27. The third-order valence-corrected chi connectivity index (χ3v) is 7.12. The van der Waals surface area contributed by atoms with Crippen LogP contribution in [0.25, 0.3) is 38.6 Å². The maximum Gasteiger partial charge on any atom is 0.343 e. The van der Waals surface area contributed by atoms with Crippen molar-refractivity contribution in [2.45, 2.75) is 38.6 Å². The first-order chi connectivity index (χ1) is 17.9. The van der Waals surface area contributed by atoms with Gasteiger partial charge < -0.3 is 15.3 Å². The molecule has 3 aromatic heterocycles. The normalized spacial score (nSPS) is 14.7. The first-order valence-corrected chi connectivity index (χ1v) is 12.5. The van der Waals surface area contributed by atoms with Crippen molar-refractivity contribution >= 4 is 44.8 Å². The number of hydrogen-bond donors (Lipinski definition) is 2. The number of nitrogens with zero attached hydrogens (tertiary/aromatic N) is 4. The van der Waals surface area contributed by atoms with Gasteiger partial charge in [-0.25, -0.2) is 19.4 Å². The Morgan fingerprint density at radius 1 is 1.14 bits per heavy atom. The summed E-state index contributed by atoms with van der Waals surface area (Å²) in [5.74, 6) is 0.757. The van der Waals surface area contributed by atoms with Crippen LogP contribution in [-0.2, 0) is 0 Å². The summed E-state index contributed by atoms with van der Waals surface area (Å²) < 4.78 is 7.73. The number of benzene rings is 2. The molecule has 3 N–H and O–H groups in total. The van der Waals surface area contributed by atoms with Crippen molar-refractivity contribution in [2.24, 2.45) is 0 Å². The zero-order chi connectivity index (χ0) is 25.7. The van der Waals surface area contributed by atoms with Crippen molar-refractivity contribution in [3.05, 3.63) is 81.6 Å². The molecule has 0 amide bonds. The molecule has 0 aliphatic heterocycles. The molecule has 1 unspecified atom stereocenters. The summed E-state index contributed by atoms with van der Waals surface area (Å²) in [6.07, 6.45) is 7.71. The van der Waals surface area contributed by atoms with E-state index in [0.717, 1.165) is 36.6 Å². The van der Waals surface area contributed by atoms with E-state index in [2.05, 4.69) is 16.0 Å². The van der Waals surface area contributed by atoms with E-state index in [0.29, 0.717) is 38.5 Å². The molecule has 1 aliphatic carbocycles. The van der Waals surface area contributed by atoms with Crippen LogP contribution < -0.4 is 11.4 Å². The van der Waals surface area contributed by atoms with E-state index in [4.69, 9.17) is 26.9 Å². The van der Waals surface area contributed by atoms with Crippen molar-refractivity contribution in [3.63, 3.8) is 0 Å². The third-order valence-electron chi connectivity index (χ3n) is 6.90. The Bertz CT molecular complexity index is 1750. The Hall–Kier alpha value is -4.17. The number of anilines is 1. The second-order valence-corrected chi connectivity index (χ2v) is 9.71. The average molecular weight is 514 g/mol. The van der Waals surface area contributed by atoms with Gasteiger partial charge in [-0.1, -0.05) is 35.9 Å². The summed E-state index contributed by atoms with van der Waals surface area (Å²) in [6, 6.07) is 11.7. The number of aromatic nitrogens is 4. The van der Waals surface area contributed by atoms with Crippen LogP contribution in [0.4, 0.5) is 5.82 Å². The standard InChI is InChI=1S/C28H24ClN5O3/c1-15(25-22(16-7-3-2-4-8-16)20-9-5-6-10-21(20)28(36)37-25)34-27-23(26(30)31-14-32-27)24(33-34)17-11-18(29)13-19(35)12-17/h5-7,9-15,35H,2-4,8H2,1H3,(H2,30,31,32). The number of hydrogen-bond acceptors (Lipinski definition) is 7. The molecule has 9 heteroatoms. The fourth-order valence-corrected chi connectivity index (χ4v) is 5.43. The molecule has 5 aromatic rings. The van der Waals surface area contributed by atoms with Crippen LogP contribution in [0.5, 0.6) is 5.75 Å². The maximum absolute atomic E-state index is 13.1. The molecule has 6 rings (SSSR count). The van der Waals surface area contributed by atoms with Gasteiger partial charge >= 0.3 is 5.63 Å². The number of aromatic hydroxyl groups is 1. The third kappa shape index (κ3) is 3.94. The molecule has 0 saturated carbocycles. The molecule has 2 aromatic carbocycles. The number of halogens is 1. The van der Waals surface area contributed by atoms with Gasteiger partial charge in [0.25, 0.3) is 0 Å². The quantitative estimate of drug-likeness (QED) is 0.297. The fraction of sp³-hybridized carbons (Fsp3) is 0.214. The van der Waals surface area contributed by atoms with E-state index in [1.54, 1.807) is 22.9 Å². The minimum absolute atomic E-state index is 0.000664. The molecular formula is C28H24ClN5O3. The highest BCUT2D eigenvalue weighted by Gasteiger charge is 2.27. The zero-order valence-electron chi connectivity index (χ0n) is 20.1. The van der Waals surface area contributed by atoms with Gasteiger partial charge in [-0.3, -0.25) is 0 Å². The average Bonchev–Trinajstić information content (AvgIpc) is 3.29. The van der Waals surface area contributed by atoms with Crippen molar-refractivity contribution in [1.82, 2.24) is 19.7 Å². The molecule has 0 fully saturated rings. The molecule has 1 atom stereocenters. The smallest absolute Gasteiger partial charge is 0.343 e. The maximum atomic E-state index is 13.1. The summed E-state index contributed by atoms with van der Waals surface area (Å²) in [5.41, 5.74) is 9.50. The molecule has 0 bridgehead atoms. The minimum Gasteiger partial charge on any atom is -0.508 e. The van der Waals surface area contributed by atoms with Gasteiger partial charge in [0.2, 0.25) is 0 Å². The molecule has 8 nitrogen and oxygen atoms in total. The molecule has 0 radical (unpaired) electrons. The predicted molar refractivity (Wildman–Crippen MR) is 145 cm³/mol. The van der Waals surface area contributed by atoms with E-state index in [9.17, 15) is 9.90 Å². The lowest BCUT2D eigenvalue weighted by Gasteiger charge is -2.21. The van der Waals surface area contributed by atoms with Crippen molar-refractivity contribution in [1.29, 1.82) is 0 Å². The number of fused-ring (bicyclic) bond motifs is 2. The summed E-state index contributed by atoms with van der Waals surface area (Å²) in [7, 11) is 0. The number of allylic oxidation sites excluding steroid dienone is 2. The predicted octanol–water partition coefficient (Wildman–Crippen LogP) is 6.11. The Balaban J connectivity index is 1.63. The number of nitrogens with two attached hydrogens (primary N) is 1. The van der Waals surface area contributed by atoms with E-state index in [-0.39, 0.29) is 11.6 Å². The highest BCUT2D eigenvalue weighted by atomic mass is 35.5. The second kappa shape index (κ2) is 9.05. The Morgan fingerprint density at radius 3 is 2.70 bits per heavy atom. The topological polar surface area (TPSA) is 120 Å². The molecular weight excluding hydrogens is 490 g/mol. The first-order valence-electron chi connectivity index (χ1n) is 12.2. The van der Waals surface area contributed by atoms with Crippen LogP contribution >= 0.6 is 11.6 Å². The van der Waals surface area contributed by atoms with Crippen molar-refractivity contribution < 1.29 is 9.52 Å². The van der Waals surface area contributed by atoms with Gasteiger partial charge in [0, 0.05) is 16.1 Å². The zero-order valence-corrected chi connectivity index (χ0v) is 20.9. The highest BCUT2D eigenvalue weighted by Crippen LogP contribution is 2.39. The molecule has 1 aliphatic rings. The molecule has 186 valence electrons. The van der Waals surface area contributed by atoms with Gasteiger partial charge in [-0.2, -0.15) is 5.10 Å². The van der Waals surface area contributed by atoms with Crippen LogP contribution in [0.3, 0.4) is 0 Å². The van der Waals surface area contributed by atoms with E-state index < -0.39 is 11.7 Å². The van der Waals surface area contributed by atoms with Gasteiger partial charge in [0.15, 0.2) is 5.65 Å². The number of rotatable bonds is 4. The van der Waals surface area contributed by atoms with Gasteiger partial charge in [-0.15, -0.1) is 0 Å². The lowest BCUT2D eigenvalue weighted by atomic mass is 9.89. The largest absolute Gasteiger partial charge is 0.508 e. The SMILES string of the molecule is CC(c1oc(=O)c2ccccc2c1C1=CCCCC1)n1nc(-c2cc(O)cc(Cl)c2)c2c(N)ncnc21. The number of phenols is 1. The summed E-state index contributed by atoms with van der Waals surface area (Å²) in [6.45, 7) is 1.92. The lowest BCUT2D eigenvalue weighted by Crippen LogP contribution is -2.16. The lowest BCUT2D eigenvalue weighted by molar-refractivity contribution is 0.401. The van der Waals surface area contributed by atoms with Crippen LogP contribution in [0, 0.1) is 0 Å². The van der Waals surface area contributed by atoms with Gasteiger partial charge in [0.1, 0.15) is 35.4 Å². The fourth-order valence-electron chi connectivity index (χ4n) is 5.20. The first kappa shape index (κ1) is 23.2.